The first-order valence-electron chi connectivity index (χ1n) is 8.69. The fourth-order valence-corrected chi connectivity index (χ4v) is 4.25. The third-order valence-electron chi connectivity index (χ3n) is 4.35. The molecule has 25 heavy (non-hydrogen) atoms. The third-order valence-corrected chi connectivity index (χ3v) is 5.89. The van der Waals surface area contributed by atoms with Crippen molar-refractivity contribution in [1.29, 1.82) is 0 Å². The van der Waals surface area contributed by atoms with Gasteiger partial charge in [0.25, 0.3) is 0 Å². The van der Waals surface area contributed by atoms with Gasteiger partial charge in [-0.15, -0.1) is 0 Å². The van der Waals surface area contributed by atoms with E-state index in [1.54, 1.807) is 24.1 Å². The van der Waals surface area contributed by atoms with Gasteiger partial charge >= 0.3 is 0 Å². The highest BCUT2D eigenvalue weighted by molar-refractivity contribution is 7.23. The number of unbranched alkanes of at least 4 members (excludes halogenated alkanes) is 1. The predicted octanol–water partition coefficient (Wildman–Crippen LogP) is 4.66. The molecule has 1 fully saturated rings. The van der Waals surface area contributed by atoms with Crippen molar-refractivity contribution in [2.24, 2.45) is 0 Å². The van der Waals surface area contributed by atoms with E-state index in [0.29, 0.717) is 34.4 Å². The van der Waals surface area contributed by atoms with Crippen LogP contribution >= 0.6 is 22.9 Å². The second kappa shape index (κ2) is 8.34. The van der Waals surface area contributed by atoms with Gasteiger partial charge < -0.3 is 9.47 Å². The molecule has 0 radical (unpaired) electrons. The van der Waals surface area contributed by atoms with E-state index in [-0.39, 0.29) is 12.0 Å². The van der Waals surface area contributed by atoms with E-state index in [1.165, 1.54) is 11.3 Å². The number of benzene rings is 1. The molecular formula is C18H23ClN2O3S. The van der Waals surface area contributed by atoms with Gasteiger partial charge in [-0.1, -0.05) is 36.3 Å². The standard InChI is InChI=1S/C18H23ClN2O3S/c1-3-4-7-15(22)21(11-12-6-5-10-24-12)18-20-16-14(23-2)9-8-13(19)17(16)25-18/h8-9,12H,3-7,10-11H2,1-2H3. The van der Waals surface area contributed by atoms with Gasteiger partial charge in [0.2, 0.25) is 5.91 Å². The number of anilines is 1. The Morgan fingerprint density at radius 1 is 1.52 bits per heavy atom. The van der Waals surface area contributed by atoms with Crippen LogP contribution in [0.2, 0.25) is 5.02 Å². The number of amides is 1. The summed E-state index contributed by atoms with van der Waals surface area (Å²) < 4.78 is 12.0. The third kappa shape index (κ3) is 4.07. The van der Waals surface area contributed by atoms with Gasteiger partial charge in [0.15, 0.2) is 5.13 Å². The summed E-state index contributed by atoms with van der Waals surface area (Å²) in [5.74, 6) is 0.756. The maximum absolute atomic E-state index is 12.8. The van der Waals surface area contributed by atoms with Crippen molar-refractivity contribution in [3.63, 3.8) is 0 Å². The number of halogens is 1. The van der Waals surface area contributed by atoms with Crippen molar-refractivity contribution in [3.05, 3.63) is 17.2 Å². The summed E-state index contributed by atoms with van der Waals surface area (Å²) in [7, 11) is 1.61. The van der Waals surface area contributed by atoms with Crippen LogP contribution in [-0.2, 0) is 9.53 Å². The predicted molar refractivity (Wildman–Crippen MR) is 102 cm³/mol. The molecule has 0 N–H and O–H groups in total. The summed E-state index contributed by atoms with van der Waals surface area (Å²) in [6.45, 7) is 3.39. The summed E-state index contributed by atoms with van der Waals surface area (Å²) >= 11 is 7.76. The first-order valence-corrected chi connectivity index (χ1v) is 9.88. The lowest BCUT2D eigenvalue weighted by Gasteiger charge is -2.23. The summed E-state index contributed by atoms with van der Waals surface area (Å²) in [5.41, 5.74) is 0.704. The molecule has 1 aliphatic rings. The monoisotopic (exact) mass is 382 g/mol. The minimum absolute atomic E-state index is 0.0787. The maximum atomic E-state index is 12.8. The molecule has 2 aromatic rings. The number of carbonyl (C=O) groups excluding carboxylic acids is 1. The average Bonchev–Trinajstić information content (AvgIpc) is 3.28. The number of thiazole rings is 1. The van der Waals surface area contributed by atoms with Crippen molar-refractivity contribution in [2.75, 3.05) is 25.2 Å². The summed E-state index contributed by atoms with van der Waals surface area (Å²) in [6.07, 6.45) is 4.47. The van der Waals surface area contributed by atoms with Gasteiger partial charge in [0.1, 0.15) is 11.3 Å². The lowest BCUT2D eigenvalue weighted by molar-refractivity contribution is -0.119. The second-order valence-electron chi connectivity index (χ2n) is 6.17. The molecule has 0 spiro atoms. The lowest BCUT2D eigenvalue weighted by atomic mass is 10.2. The highest BCUT2D eigenvalue weighted by Crippen LogP contribution is 2.39. The molecule has 1 amide bonds. The molecule has 2 heterocycles. The molecule has 1 aromatic heterocycles. The molecule has 7 heteroatoms. The van der Waals surface area contributed by atoms with E-state index in [4.69, 9.17) is 21.1 Å². The molecule has 0 saturated carbocycles. The molecule has 3 rings (SSSR count). The van der Waals surface area contributed by atoms with Gasteiger partial charge in [0.05, 0.1) is 29.5 Å². The van der Waals surface area contributed by atoms with Crippen molar-refractivity contribution in [1.82, 2.24) is 4.98 Å². The van der Waals surface area contributed by atoms with Crippen LogP contribution in [0.3, 0.4) is 0 Å². The topological polar surface area (TPSA) is 51.7 Å². The zero-order valence-electron chi connectivity index (χ0n) is 14.6. The van der Waals surface area contributed by atoms with Gasteiger partial charge in [0, 0.05) is 13.0 Å². The fourth-order valence-electron chi connectivity index (χ4n) is 2.96. The first kappa shape index (κ1) is 18.4. The van der Waals surface area contributed by atoms with Crippen molar-refractivity contribution in [2.45, 2.75) is 45.1 Å². The number of hydrogen-bond acceptors (Lipinski definition) is 5. The van der Waals surface area contributed by atoms with Crippen LogP contribution in [0.5, 0.6) is 5.75 Å². The van der Waals surface area contributed by atoms with Crippen molar-refractivity contribution < 1.29 is 14.3 Å². The molecule has 5 nitrogen and oxygen atoms in total. The van der Waals surface area contributed by atoms with E-state index < -0.39 is 0 Å². The Balaban J connectivity index is 1.94. The molecular weight excluding hydrogens is 360 g/mol. The molecule has 1 aliphatic heterocycles. The normalized spacial score (nSPS) is 17.2. The number of aromatic nitrogens is 1. The van der Waals surface area contributed by atoms with Crippen LogP contribution in [0.1, 0.15) is 39.0 Å². The highest BCUT2D eigenvalue weighted by Gasteiger charge is 2.26. The number of carbonyl (C=O) groups is 1. The Bertz CT molecular complexity index is 743. The molecule has 0 aliphatic carbocycles. The number of rotatable bonds is 7. The van der Waals surface area contributed by atoms with Gasteiger partial charge in [-0.3, -0.25) is 9.69 Å². The van der Waals surface area contributed by atoms with Crippen LogP contribution in [0, 0.1) is 0 Å². The van der Waals surface area contributed by atoms with Crippen LogP contribution in [0.4, 0.5) is 5.13 Å². The Labute approximate surface area is 156 Å². The zero-order valence-corrected chi connectivity index (χ0v) is 16.2. The van der Waals surface area contributed by atoms with E-state index >= 15 is 0 Å². The van der Waals surface area contributed by atoms with Crippen LogP contribution in [-0.4, -0.2) is 37.3 Å². The molecule has 136 valence electrons. The van der Waals surface area contributed by atoms with Gasteiger partial charge in [-0.25, -0.2) is 4.98 Å². The number of hydrogen-bond donors (Lipinski definition) is 0. The molecule has 1 atom stereocenters. The van der Waals surface area contributed by atoms with E-state index in [2.05, 4.69) is 11.9 Å². The zero-order chi connectivity index (χ0) is 17.8. The molecule has 1 unspecified atom stereocenters. The minimum Gasteiger partial charge on any atom is -0.494 e. The van der Waals surface area contributed by atoms with Crippen LogP contribution in [0.25, 0.3) is 10.2 Å². The van der Waals surface area contributed by atoms with Gasteiger partial charge in [-0.05, 0) is 31.4 Å². The van der Waals surface area contributed by atoms with E-state index in [1.807, 2.05) is 0 Å². The Kier molecular flexibility index (Phi) is 6.15. The smallest absolute Gasteiger partial charge is 0.228 e. The molecule has 1 aromatic carbocycles. The maximum Gasteiger partial charge on any atom is 0.228 e. The largest absolute Gasteiger partial charge is 0.494 e. The Morgan fingerprint density at radius 3 is 3.04 bits per heavy atom. The first-order chi connectivity index (χ1) is 12.1. The van der Waals surface area contributed by atoms with E-state index in [0.717, 1.165) is 37.0 Å². The number of ether oxygens (including phenoxy) is 2. The number of methoxy groups -OCH3 is 1. The fraction of sp³-hybridized carbons (Fsp3) is 0.556. The Morgan fingerprint density at radius 2 is 2.36 bits per heavy atom. The van der Waals surface area contributed by atoms with Gasteiger partial charge in [-0.2, -0.15) is 0 Å². The van der Waals surface area contributed by atoms with Crippen molar-refractivity contribution in [3.8, 4) is 5.75 Å². The molecule has 1 saturated heterocycles. The minimum atomic E-state index is 0.0787. The second-order valence-corrected chi connectivity index (χ2v) is 7.55. The Hall–Kier alpha value is -1.37. The SMILES string of the molecule is CCCCC(=O)N(CC1CCCO1)c1nc2c(OC)ccc(Cl)c2s1. The number of nitrogens with zero attached hydrogens (tertiary/aromatic N) is 2. The lowest BCUT2D eigenvalue weighted by Crippen LogP contribution is -2.37. The number of fused-ring (bicyclic) bond motifs is 1. The van der Waals surface area contributed by atoms with Crippen molar-refractivity contribution >= 4 is 44.2 Å². The molecule has 0 bridgehead atoms. The summed E-state index contributed by atoms with van der Waals surface area (Å²) in [6, 6.07) is 3.60. The summed E-state index contributed by atoms with van der Waals surface area (Å²) in [4.78, 5) is 19.2. The summed E-state index contributed by atoms with van der Waals surface area (Å²) in [5, 5.41) is 1.29. The highest BCUT2D eigenvalue weighted by atomic mass is 35.5. The van der Waals surface area contributed by atoms with Crippen LogP contribution in [0.15, 0.2) is 12.1 Å². The average molecular weight is 383 g/mol. The van der Waals surface area contributed by atoms with Crippen LogP contribution < -0.4 is 9.64 Å². The van der Waals surface area contributed by atoms with E-state index in [9.17, 15) is 4.79 Å². The quantitative estimate of drug-likeness (QED) is 0.698.